The molecular weight excluding hydrogens is 188 g/mol. The fraction of sp³-hybridized carbons (Fsp3) is 0.400. The molecule has 2 nitrogen and oxygen atoms in total. The first-order chi connectivity index (χ1) is 6.70. The Morgan fingerprint density at radius 3 is 2.79 bits per heavy atom. The number of hydrogen-bond donors (Lipinski definition) is 1. The third-order valence-corrected chi connectivity index (χ3v) is 2.02. The number of ether oxygens (including phenoxy) is 1. The molecule has 78 valence electrons. The Bertz CT molecular complexity index is 304. The van der Waals surface area contributed by atoms with Crippen molar-refractivity contribution in [3.63, 3.8) is 0 Å². The highest BCUT2D eigenvalue weighted by Crippen LogP contribution is 2.28. The van der Waals surface area contributed by atoms with E-state index in [0.717, 1.165) is 0 Å². The first-order valence-electron chi connectivity index (χ1n) is 4.34. The first-order valence-corrected chi connectivity index (χ1v) is 4.34. The van der Waals surface area contributed by atoms with Gasteiger partial charge in [-0.25, -0.2) is 4.39 Å². The molecule has 0 amide bonds. The summed E-state index contributed by atoms with van der Waals surface area (Å²) in [6, 6.07) is 3.93. The van der Waals surface area contributed by atoms with Gasteiger partial charge >= 0.3 is 0 Å². The summed E-state index contributed by atoms with van der Waals surface area (Å²) in [7, 11) is 1.37. The van der Waals surface area contributed by atoms with Crippen molar-refractivity contribution in [2.24, 2.45) is 5.73 Å². The summed E-state index contributed by atoms with van der Waals surface area (Å²) in [5, 5.41) is 0. The zero-order chi connectivity index (χ0) is 10.6. The molecule has 0 spiro atoms. The van der Waals surface area contributed by atoms with E-state index in [2.05, 4.69) is 0 Å². The van der Waals surface area contributed by atoms with Crippen molar-refractivity contribution in [3.8, 4) is 5.75 Å². The molecule has 0 radical (unpaired) electrons. The number of methoxy groups -OCH3 is 1. The third kappa shape index (κ3) is 2.20. The molecule has 0 unspecified atom stereocenters. The van der Waals surface area contributed by atoms with Gasteiger partial charge in [0.25, 0.3) is 0 Å². The molecule has 1 atom stereocenters. The summed E-state index contributed by atoms with van der Waals surface area (Å²) in [5.74, 6) is -0.368. The van der Waals surface area contributed by atoms with Gasteiger partial charge in [0.1, 0.15) is 0 Å². The van der Waals surface area contributed by atoms with E-state index in [0.29, 0.717) is 5.56 Å². The number of nitrogens with two attached hydrogens (primary N) is 1. The molecule has 2 N–H and O–H groups in total. The van der Waals surface area contributed by atoms with Crippen molar-refractivity contribution in [1.82, 2.24) is 0 Å². The van der Waals surface area contributed by atoms with Crippen molar-refractivity contribution in [2.45, 2.75) is 12.5 Å². The van der Waals surface area contributed by atoms with Crippen LogP contribution in [0.3, 0.4) is 0 Å². The molecule has 1 rings (SSSR count). The van der Waals surface area contributed by atoms with Crippen molar-refractivity contribution < 1.29 is 13.5 Å². The second-order valence-electron chi connectivity index (χ2n) is 2.95. The second-order valence-corrected chi connectivity index (χ2v) is 2.95. The van der Waals surface area contributed by atoms with Gasteiger partial charge in [-0.1, -0.05) is 12.1 Å². The summed E-state index contributed by atoms with van der Waals surface area (Å²) in [4.78, 5) is 0. The SMILES string of the molecule is COc1c(F)cccc1[C@H](N)CCF. The molecule has 0 aliphatic rings. The van der Waals surface area contributed by atoms with E-state index < -0.39 is 18.5 Å². The molecule has 0 aliphatic carbocycles. The van der Waals surface area contributed by atoms with Crippen LogP contribution in [0, 0.1) is 5.82 Å². The standard InChI is InChI=1S/C10H13F2NO/c1-14-10-7(9(13)5-6-11)3-2-4-8(10)12/h2-4,9H,5-6,13H2,1H3/t9-/m1/s1. The highest BCUT2D eigenvalue weighted by atomic mass is 19.1. The van der Waals surface area contributed by atoms with Crippen LogP contribution in [0.5, 0.6) is 5.75 Å². The third-order valence-electron chi connectivity index (χ3n) is 2.02. The van der Waals surface area contributed by atoms with E-state index in [1.807, 2.05) is 0 Å². The molecule has 0 bridgehead atoms. The molecule has 1 aromatic rings. The molecule has 0 saturated heterocycles. The van der Waals surface area contributed by atoms with E-state index in [9.17, 15) is 8.78 Å². The maximum atomic E-state index is 13.2. The predicted molar refractivity (Wildman–Crippen MR) is 50.5 cm³/mol. The lowest BCUT2D eigenvalue weighted by molar-refractivity contribution is 0.371. The van der Waals surface area contributed by atoms with E-state index in [1.54, 1.807) is 6.07 Å². The predicted octanol–water partition coefficient (Wildman–Crippen LogP) is 2.19. The monoisotopic (exact) mass is 201 g/mol. The summed E-state index contributed by atoms with van der Waals surface area (Å²) >= 11 is 0. The zero-order valence-electron chi connectivity index (χ0n) is 7.97. The minimum Gasteiger partial charge on any atom is -0.493 e. The maximum absolute atomic E-state index is 13.2. The van der Waals surface area contributed by atoms with E-state index >= 15 is 0 Å². The minimum absolute atomic E-state index is 0.105. The molecule has 0 fully saturated rings. The molecule has 0 heterocycles. The van der Waals surface area contributed by atoms with Gasteiger partial charge in [-0.05, 0) is 12.5 Å². The van der Waals surface area contributed by atoms with Crippen molar-refractivity contribution in [1.29, 1.82) is 0 Å². The van der Waals surface area contributed by atoms with Gasteiger partial charge in [0.05, 0.1) is 13.8 Å². The molecule has 0 saturated carbocycles. The van der Waals surface area contributed by atoms with Crippen LogP contribution in [0.1, 0.15) is 18.0 Å². The molecule has 1 aromatic carbocycles. The average Bonchev–Trinajstić information content (AvgIpc) is 2.17. The van der Waals surface area contributed by atoms with Crippen LogP contribution in [0.4, 0.5) is 8.78 Å². The lowest BCUT2D eigenvalue weighted by Crippen LogP contribution is -2.12. The Balaban J connectivity index is 3.00. The number of alkyl halides is 1. The molecule has 14 heavy (non-hydrogen) atoms. The summed E-state index contributed by atoms with van der Waals surface area (Å²) < 4.78 is 30.1. The van der Waals surface area contributed by atoms with E-state index in [1.165, 1.54) is 19.2 Å². The number of rotatable bonds is 4. The van der Waals surface area contributed by atoms with Gasteiger partial charge in [0.15, 0.2) is 11.6 Å². The smallest absolute Gasteiger partial charge is 0.165 e. The van der Waals surface area contributed by atoms with Crippen LogP contribution in [-0.4, -0.2) is 13.8 Å². The van der Waals surface area contributed by atoms with E-state index in [4.69, 9.17) is 10.5 Å². The van der Waals surface area contributed by atoms with Crippen molar-refractivity contribution in [3.05, 3.63) is 29.6 Å². The number of halogens is 2. The first kappa shape index (κ1) is 10.9. The lowest BCUT2D eigenvalue weighted by Gasteiger charge is -2.14. The molecule has 0 aliphatic heterocycles. The lowest BCUT2D eigenvalue weighted by atomic mass is 10.0. The van der Waals surface area contributed by atoms with Crippen LogP contribution in [0.2, 0.25) is 0 Å². The summed E-state index contributed by atoms with van der Waals surface area (Å²) in [5.41, 5.74) is 6.17. The Morgan fingerprint density at radius 2 is 2.21 bits per heavy atom. The summed E-state index contributed by atoms with van der Waals surface area (Å²) in [6.45, 7) is -0.527. The van der Waals surface area contributed by atoms with Crippen molar-refractivity contribution in [2.75, 3.05) is 13.8 Å². The largest absolute Gasteiger partial charge is 0.493 e. The second kappa shape index (κ2) is 4.91. The Hall–Kier alpha value is -1.16. The minimum atomic E-state index is -0.527. The Morgan fingerprint density at radius 1 is 1.50 bits per heavy atom. The van der Waals surface area contributed by atoms with Crippen LogP contribution in [0.25, 0.3) is 0 Å². The van der Waals surface area contributed by atoms with E-state index in [-0.39, 0.29) is 12.2 Å². The zero-order valence-corrected chi connectivity index (χ0v) is 7.97. The van der Waals surface area contributed by atoms with Crippen LogP contribution >= 0.6 is 0 Å². The molecular formula is C10H13F2NO. The highest BCUT2D eigenvalue weighted by Gasteiger charge is 2.14. The molecule has 0 aromatic heterocycles. The number of hydrogen-bond acceptors (Lipinski definition) is 2. The van der Waals surface area contributed by atoms with Gasteiger partial charge in [-0.15, -0.1) is 0 Å². The maximum Gasteiger partial charge on any atom is 0.165 e. The van der Waals surface area contributed by atoms with Gasteiger partial charge in [-0.2, -0.15) is 0 Å². The van der Waals surface area contributed by atoms with Crippen molar-refractivity contribution >= 4 is 0 Å². The Kier molecular flexibility index (Phi) is 3.83. The van der Waals surface area contributed by atoms with Gasteiger partial charge < -0.3 is 10.5 Å². The number of benzene rings is 1. The summed E-state index contributed by atoms with van der Waals surface area (Å²) in [6.07, 6.45) is 0.166. The topological polar surface area (TPSA) is 35.2 Å². The number of para-hydroxylation sites is 1. The quantitative estimate of drug-likeness (QED) is 0.810. The fourth-order valence-electron chi connectivity index (χ4n) is 1.31. The average molecular weight is 201 g/mol. The van der Waals surface area contributed by atoms with Gasteiger partial charge in [-0.3, -0.25) is 4.39 Å². The highest BCUT2D eigenvalue weighted by molar-refractivity contribution is 5.37. The molecule has 4 heteroatoms. The van der Waals surface area contributed by atoms with Crippen LogP contribution < -0.4 is 10.5 Å². The fourth-order valence-corrected chi connectivity index (χ4v) is 1.31. The van der Waals surface area contributed by atoms with Gasteiger partial charge in [0, 0.05) is 11.6 Å². The van der Waals surface area contributed by atoms with Crippen LogP contribution in [-0.2, 0) is 0 Å². The van der Waals surface area contributed by atoms with Crippen LogP contribution in [0.15, 0.2) is 18.2 Å². The normalized spacial score (nSPS) is 12.6. The Labute approximate surface area is 81.7 Å². The van der Waals surface area contributed by atoms with Gasteiger partial charge in [0.2, 0.25) is 0 Å².